The smallest absolute Gasteiger partial charge is 0.323 e. The van der Waals surface area contributed by atoms with E-state index in [9.17, 15) is 9.59 Å². The van der Waals surface area contributed by atoms with Crippen molar-refractivity contribution in [3.8, 4) is 0 Å². The lowest BCUT2D eigenvalue weighted by Gasteiger charge is -2.35. The minimum atomic E-state index is -0.590. The Balaban J connectivity index is 0.00000280. The van der Waals surface area contributed by atoms with E-state index in [0.29, 0.717) is 16.6 Å². The summed E-state index contributed by atoms with van der Waals surface area (Å²) in [6, 6.07) is 4.66. The van der Waals surface area contributed by atoms with Gasteiger partial charge in [0.25, 0.3) is 5.91 Å². The maximum absolute atomic E-state index is 12.8. The Morgan fingerprint density at radius 2 is 1.82 bits per heavy atom. The van der Waals surface area contributed by atoms with E-state index in [1.165, 1.54) is 0 Å². The lowest BCUT2D eigenvalue weighted by Crippen LogP contribution is -2.43. The molecular weight excluding hydrogens is 384 g/mol. The highest BCUT2D eigenvalue weighted by Crippen LogP contribution is 2.26. The molecule has 0 saturated heterocycles. The van der Waals surface area contributed by atoms with Gasteiger partial charge in [-0.05, 0) is 60.1 Å². The number of hydrogen-bond donors (Lipinski definition) is 1. The summed E-state index contributed by atoms with van der Waals surface area (Å²) in [6.07, 6.45) is 2.89. The molecule has 2 aromatic rings. The number of nitrogens with two attached hydrogens (primary N) is 1. The van der Waals surface area contributed by atoms with Gasteiger partial charge >= 0.3 is 5.97 Å². The van der Waals surface area contributed by atoms with E-state index in [-0.39, 0.29) is 42.3 Å². The van der Waals surface area contributed by atoms with Gasteiger partial charge in [-0.15, -0.1) is 12.4 Å². The first-order valence-corrected chi connectivity index (χ1v) is 9.32. The fourth-order valence-corrected chi connectivity index (χ4v) is 3.35. The number of halogens is 1. The topological polar surface area (TPSA) is 112 Å². The van der Waals surface area contributed by atoms with Gasteiger partial charge in [-0.25, -0.2) is 4.63 Å². The first-order chi connectivity index (χ1) is 12.9. The maximum atomic E-state index is 12.8. The Hall–Kier alpha value is -2.19. The van der Waals surface area contributed by atoms with E-state index < -0.39 is 6.04 Å². The highest BCUT2D eigenvalue weighted by molar-refractivity contribution is 5.97. The second-order valence-corrected chi connectivity index (χ2v) is 7.52. The Morgan fingerprint density at radius 1 is 1.18 bits per heavy atom. The minimum Gasteiger partial charge on any atom is -0.461 e. The molecule has 0 unspecified atom stereocenters. The molecule has 1 aromatic carbocycles. The summed E-state index contributed by atoms with van der Waals surface area (Å²) in [5.41, 5.74) is 7.58. The predicted molar refractivity (Wildman–Crippen MR) is 106 cm³/mol. The number of aromatic nitrogens is 2. The average Bonchev–Trinajstić information content (AvgIpc) is 3.14. The van der Waals surface area contributed by atoms with Gasteiger partial charge in [0.2, 0.25) is 0 Å². The molecule has 0 bridgehead atoms. The summed E-state index contributed by atoms with van der Waals surface area (Å²) in [7, 11) is 1.80. The van der Waals surface area contributed by atoms with Gasteiger partial charge in [0.05, 0.1) is 0 Å². The third kappa shape index (κ3) is 4.80. The third-order valence-electron chi connectivity index (χ3n) is 5.29. The largest absolute Gasteiger partial charge is 0.461 e. The van der Waals surface area contributed by atoms with Gasteiger partial charge in [0.15, 0.2) is 0 Å². The molecule has 1 aliphatic rings. The lowest BCUT2D eigenvalue weighted by molar-refractivity contribution is -0.153. The third-order valence-corrected chi connectivity index (χ3v) is 5.29. The number of nitrogens with zero attached hydrogens (tertiary/aromatic N) is 3. The van der Waals surface area contributed by atoms with Gasteiger partial charge in [0, 0.05) is 18.7 Å². The van der Waals surface area contributed by atoms with Crippen molar-refractivity contribution in [1.29, 1.82) is 0 Å². The van der Waals surface area contributed by atoms with Gasteiger partial charge in [-0.2, -0.15) is 0 Å². The Bertz CT molecular complexity index is 817. The summed E-state index contributed by atoms with van der Waals surface area (Å²) in [4.78, 5) is 26.6. The van der Waals surface area contributed by atoms with E-state index >= 15 is 0 Å². The van der Waals surface area contributed by atoms with Crippen LogP contribution in [0.4, 0.5) is 0 Å². The maximum Gasteiger partial charge on any atom is 0.323 e. The molecule has 28 heavy (non-hydrogen) atoms. The van der Waals surface area contributed by atoms with Crippen LogP contribution < -0.4 is 5.73 Å². The quantitative estimate of drug-likeness (QED) is 0.753. The predicted octanol–water partition coefficient (Wildman–Crippen LogP) is 2.55. The molecule has 1 atom stereocenters. The first kappa shape index (κ1) is 22.1. The minimum absolute atomic E-state index is 0. The SMILES string of the molecule is CC(C)[C@H](N)C(=O)O[C@H]1CC[C@H](N(C)C(=O)c2ccc3nonc3c2)CC1.Cl. The first-order valence-electron chi connectivity index (χ1n) is 9.32. The molecule has 0 aliphatic heterocycles. The molecule has 1 heterocycles. The summed E-state index contributed by atoms with van der Waals surface area (Å²) in [6.45, 7) is 3.80. The highest BCUT2D eigenvalue weighted by Gasteiger charge is 2.30. The van der Waals surface area contributed by atoms with Crippen molar-refractivity contribution < 1.29 is 19.0 Å². The number of esters is 1. The monoisotopic (exact) mass is 410 g/mol. The van der Waals surface area contributed by atoms with Crippen LogP contribution in [0.15, 0.2) is 22.8 Å². The number of benzene rings is 1. The van der Waals surface area contributed by atoms with Crippen molar-refractivity contribution in [2.24, 2.45) is 11.7 Å². The fraction of sp³-hybridized carbons (Fsp3) is 0.579. The summed E-state index contributed by atoms with van der Waals surface area (Å²) in [5, 5.41) is 7.53. The van der Waals surface area contributed by atoms with Crippen molar-refractivity contribution in [2.45, 2.75) is 57.7 Å². The van der Waals surface area contributed by atoms with Crippen LogP contribution in [0, 0.1) is 5.92 Å². The van der Waals surface area contributed by atoms with E-state index in [1.807, 2.05) is 13.8 Å². The Labute approximate surface area is 170 Å². The molecule has 9 heteroatoms. The zero-order valence-corrected chi connectivity index (χ0v) is 17.1. The summed E-state index contributed by atoms with van der Waals surface area (Å²) < 4.78 is 10.2. The van der Waals surface area contributed by atoms with Crippen LogP contribution in [-0.4, -0.2) is 52.3 Å². The number of rotatable bonds is 5. The highest BCUT2D eigenvalue weighted by atomic mass is 35.5. The molecule has 8 nitrogen and oxygen atoms in total. The van der Waals surface area contributed by atoms with Gasteiger partial charge in [-0.1, -0.05) is 13.8 Å². The Kier molecular flexibility index (Phi) is 7.37. The van der Waals surface area contributed by atoms with Gasteiger partial charge < -0.3 is 15.4 Å². The van der Waals surface area contributed by atoms with Gasteiger partial charge in [-0.3, -0.25) is 9.59 Å². The lowest BCUT2D eigenvalue weighted by atomic mass is 9.91. The second kappa shape index (κ2) is 9.34. The van der Waals surface area contributed by atoms with Crippen LogP contribution in [0.5, 0.6) is 0 Å². The van der Waals surface area contributed by atoms with Crippen LogP contribution in [0.2, 0.25) is 0 Å². The van der Waals surface area contributed by atoms with Crippen LogP contribution in [0.25, 0.3) is 11.0 Å². The molecule has 2 N–H and O–H groups in total. The van der Waals surface area contributed by atoms with Crippen LogP contribution >= 0.6 is 12.4 Å². The summed E-state index contributed by atoms with van der Waals surface area (Å²) in [5.74, 6) is -0.357. The van der Waals surface area contributed by atoms with Crippen molar-refractivity contribution in [3.63, 3.8) is 0 Å². The zero-order valence-electron chi connectivity index (χ0n) is 16.3. The molecule has 1 fully saturated rings. The molecule has 1 aromatic heterocycles. The fourth-order valence-electron chi connectivity index (χ4n) is 3.35. The molecule has 154 valence electrons. The van der Waals surface area contributed by atoms with Gasteiger partial charge in [0.1, 0.15) is 23.2 Å². The van der Waals surface area contributed by atoms with Crippen LogP contribution in [0.1, 0.15) is 49.9 Å². The molecule has 1 aliphatic carbocycles. The molecule has 3 rings (SSSR count). The number of ether oxygens (including phenoxy) is 1. The molecular formula is C19H27ClN4O4. The van der Waals surface area contributed by atoms with Crippen molar-refractivity contribution in [2.75, 3.05) is 7.05 Å². The van der Waals surface area contributed by atoms with Crippen molar-refractivity contribution in [3.05, 3.63) is 23.8 Å². The Morgan fingerprint density at radius 3 is 2.46 bits per heavy atom. The number of carbonyl (C=O) groups excluding carboxylic acids is 2. The number of fused-ring (bicyclic) bond motifs is 1. The number of carbonyl (C=O) groups is 2. The van der Waals surface area contributed by atoms with Crippen LogP contribution in [-0.2, 0) is 9.53 Å². The van der Waals surface area contributed by atoms with Crippen molar-refractivity contribution in [1.82, 2.24) is 15.2 Å². The van der Waals surface area contributed by atoms with Crippen LogP contribution in [0.3, 0.4) is 0 Å². The number of amides is 1. The van der Waals surface area contributed by atoms with E-state index in [1.54, 1.807) is 30.1 Å². The molecule has 0 spiro atoms. The van der Waals surface area contributed by atoms with Crippen molar-refractivity contribution >= 4 is 35.3 Å². The molecule has 0 radical (unpaired) electrons. The standard InChI is InChI=1S/C19H26N4O4.ClH/c1-11(2)17(20)19(25)26-14-7-5-13(6-8-14)23(3)18(24)12-4-9-15-16(10-12)22-27-21-15;/h4,9-11,13-14,17H,5-8,20H2,1-3H3;1H/t13-,14-,17-;/m0./s1. The van der Waals surface area contributed by atoms with E-state index in [2.05, 4.69) is 14.9 Å². The normalized spacial score (nSPS) is 20.5. The second-order valence-electron chi connectivity index (χ2n) is 7.52. The zero-order chi connectivity index (χ0) is 19.6. The molecule has 1 saturated carbocycles. The van der Waals surface area contributed by atoms with E-state index in [0.717, 1.165) is 25.7 Å². The summed E-state index contributed by atoms with van der Waals surface area (Å²) >= 11 is 0. The average molecular weight is 411 g/mol. The van der Waals surface area contributed by atoms with E-state index in [4.69, 9.17) is 10.5 Å². The number of hydrogen-bond acceptors (Lipinski definition) is 7. The molecule has 1 amide bonds.